The van der Waals surface area contributed by atoms with E-state index in [0.717, 1.165) is 12.0 Å². The van der Waals surface area contributed by atoms with Crippen molar-refractivity contribution < 1.29 is 14.6 Å². The van der Waals surface area contributed by atoms with Crippen molar-refractivity contribution in [3.05, 3.63) is 30.1 Å². The number of methoxy groups -OCH3 is 1. The van der Waals surface area contributed by atoms with E-state index in [1.807, 2.05) is 12.1 Å². The molecule has 0 aliphatic carbocycles. The Hall–Kier alpha value is -1.50. The topological polar surface area (TPSA) is 74.7 Å². The summed E-state index contributed by atoms with van der Waals surface area (Å²) in [6.07, 6.45) is 4.79. The third kappa shape index (κ3) is 4.23. The lowest BCUT2D eigenvalue weighted by molar-refractivity contribution is -0.157. The lowest BCUT2D eigenvalue weighted by Crippen LogP contribution is -2.58. The zero-order valence-electron chi connectivity index (χ0n) is 12.4. The SMILES string of the molecule is COCCN1CCC[C@](O)(CNCc2cccnc2)C1=O. The van der Waals surface area contributed by atoms with Crippen LogP contribution in [0.15, 0.2) is 24.5 Å². The third-order valence-electron chi connectivity index (χ3n) is 3.74. The van der Waals surface area contributed by atoms with Gasteiger partial charge in [0.25, 0.3) is 5.91 Å². The Bertz CT molecular complexity index is 455. The molecule has 2 N–H and O–H groups in total. The minimum atomic E-state index is -1.31. The molecule has 21 heavy (non-hydrogen) atoms. The minimum Gasteiger partial charge on any atom is -0.383 e. The van der Waals surface area contributed by atoms with Crippen molar-refractivity contribution in [1.82, 2.24) is 15.2 Å². The first kappa shape index (κ1) is 15.9. The van der Waals surface area contributed by atoms with E-state index < -0.39 is 5.60 Å². The van der Waals surface area contributed by atoms with Gasteiger partial charge in [-0.05, 0) is 24.5 Å². The lowest BCUT2D eigenvalue weighted by Gasteiger charge is -2.38. The summed E-state index contributed by atoms with van der Waals surface area (Å²) in [7, 11) is 1.61. The van der Waals surface area contributed by atoms with Gasteiger partial charge < -0.3 is 20.1 Å². The Kier molecular flexibility index (Phi) is 5.67. The Morgan fingerprint density at radius 1 is 1.57 bits per heavy atom. The molecule has 2 heterocycles. The summed E-state index contributed by atoms with van der Waals surface area (Å²) in [4.78, 5) is 18.1. The van der Waals surface area contributed by atoms with Crippen molar-refractivity contribution in [2.75, 3.05) is 33.4 Å². The summed E-state index contributed by atoms with van der Waals surface area (Å²) in [6.45, 7) is 2.55. The predicted octanol–water partition coefficient (Wildman–Crippen LogP) is 0.171. The highest BCUT2D eigenvalue weighted by atomic mass is 16.5. The quantitative estimate of drug-likeness (QED) is 0.750. The molecule has 6 nitrogen and oxygen atoms in total. The van der Waals surface area contributed by atoms with Crippen molar-refractivity contribution in [2.24, 2.45) is 0 Å². The van der Waals surface area contributed by atoms with E-state index in [1.165, 1.54) is 0 Å². The highest BCUT2D eigenvalue weighted by Gasteiger charge is 2.41. The van der Waals surface area contributed by atoms with E-state index in [-0.39, 0.29) is 12.5 Å². The number of carbonyl (C=O) groups excluding carboxylic acids is 1. The summed E-state index contributed by atoms with van der Waals surface area (Å²) < 4.78 is 5.00. The largest absolute Gasteiger partial charge is 0.383 e. The molecule has 6 heteroatoms. The highest BCUT2D eigenvalue weighted by molar-refractivity contribution is 5.86. The summed E-state index contributed by atoms with van der Waals surface area (Å²) in [5.41, 5.74) is -0.283. The van der Waals surface area contributed by atoms with Crippen molar-refractivity contribution in [2.45, 2.75) is 25.0 Å². The first-order chi connectivity index (χ1) is 10.2. The third-order valence-corrected chi connectivity index (χ3v) is 3.74. The van der Waals surface area contributed by atoms with Gasteiger partial charge >= 0.3 is 0 Å². The number of hydrogen-bond acceptors (Lipinski definition) is 5. The fourth-order valence-electron chi connectivity index (χ4n) is 2.56. The van der Waals surface area contributed by atoms with Crippen LogP contribution in [0, 0.1) is 0 Å². The average molecular weight is 293 g/mol. The molecule has 1 aromatic rings. The highest BCUT2D eigenvalue weighted by Crippen LogP contribution is 2.22. The maximum atomic E-state index is 12.4. The molecule has 1 saturated heterocycles. The van der Waals surface area contributed by atoms with Crippen LogP contribution in [0.2, 0.25) is 0 Å². The van der Waals surface area contributed by atoms with Crippen molar-refractivity contribution in [3.63, 3.8) is 0 Å². The molecular formula is C15H23N3O3. The van der Waals surface area contributed by atoms with Gasteiger partial charge in [-0.3, -0.25) is 9.78 Å². The number of nitrogens with one attached hydrogen (secondary N) is 1. The van der Waals surface area contributed by atoms with Crippen LogP contribution in [-0.4, -0.2) is 59.8 Å². The van der Waals surface area contributed by atoms with Gasteiger partial charge in [-0.15, -0.1) is 0 Å². The monoisotopic (exact) mass is 293 g/mol. The van der Waals surface area contributed by atoms with Gasteiger partial charge in [-0.25, -0.2) is 0 Å². The van der Waals surface area contributed by atoms with Crippen LogP contribution in [0.5, 0.6) is 0 Å². The van der Waals surface area contributed by atoms with Crippen LogP contribution in [0.1, 0.15) is 18.4 Å². The number of ether oxygens (including phenoxy) is 1. The molecule has 0 unspecified atom stereocenters. The molecule has 1 aliphatic rings. The molecule has 1 atom stereocenters. The second-order valence-corrected chi connectivity index (χ2v) is 5.38. The summed E-state index contributed by atoms with van der Waals surface area (Å²) in [5, 5.41) is 13.7. The number of amides is 1. The summed E-state index contributed by atoms with van der Waals surface area (Å²) >= 11 is 0. The molecule has 0 spiro atoms. The number of nitrogens with zero attached hydrogens (tertiary/aromatic N) is 2. The van der Waals surface area contributed by atoms with Crippen molar-refractivity contribution in [3.8, 4) is 0 Å². The van der Waals surface area contributed by atoms with Crippen LogP contribution in [0.4, 0.5) is 0 Å². The molecule has 0 aromatic carbocycles. The van der Waals surface area contributed by atoms with Crippen LogP contribution in [0.25, 0.3) is 0 Å². The van der Waals surface area contributed by atoms with Crippen molar-refractivity contribution >= 4 is 5.91 Å². The molecule has 0 radical (unpaired) electrons. The Balaban J connectivity index is 1.86. The molecular weight excluding hydrogens is 270 g/mol. The van der Waals surface area contributed by atoms with Crippen LogP contribution in [0.3, 0.4) is 0 Å². The number of hydrogen-bond donors (Lipinski definition) is 2. The first-order valence-corrected chi connectivity index (χ1v) is 7.26. The zero-order chi connectivity index (χ0) is 15.1. The summed E-state index contributed by atoms with van der Waals surface area (Å²) in [6, 6.07) is 3.82. The van der Waals surface area contributed by atoms with E-state index >= 15 is 0 Å². The first-order valence-electron chi connectivity index (χ1n) is 7.26. The zero-order valence-corrected chi connectivity index (χ0v) is 12.4. The fraction of sp³-hybridized carbons (Fsp3) is 0.600. The van der Waals surface area contributed by atoms with Gasteiger partial charge in [0.05, 0.1) is 6.61 Å². The van der Waals surface area contributed by atoms with E-state index in [4.69, 9.17) is 4.74 Å². The number of rotatable bonds is 7. The molecule has 1 fully saturated rings. The molecule has 2 rings (SSSR count). The lowest BCUT2D eigenvalue weighted by atomic mass is 9.91. The fourth-order valence-corrected chi connectivity index (χ4v) is 2.56. The second kappa shape index (κ2) is 7.49. The predicted molar refractivity (Wildman–Crippen MR) is 78.6 cm³/mol. The smallest absolute Gasteiger partial charge is 0.255 e. The molecule has 1 aromatic heterocycles. The van der Waals surface area contributed by atoms with E-state index in [0.29, 0.717) is 32.7 Å². The standard InChI is InChI=1S/C15H23N3O3/c1-21-9-8-18-7-3-5-15(20,14(18)19)12-17-11-13-4-2-6-16-10-13/h2,4,6,10,17,20H,3,5,7-9,11-12H2,1H3/t15-/m0/s1. The molecule has 1 amide bonds. The Morgan fingerprint density at radius 3 is 3.14 bits per heavy atom. The van der Waals surface area contributed by atoms with E-state index in [2.05, 4.69) is 10.3 Å². The van der Waals surface area contributed by atoms with Gasteiger partial charge in [0.1, 0.15) is 0 Å². The number of aliphatic hydroxyl groups is 1. The molecule has 116 valence electrons. The van der Waals surface area contributed by atoms with Crippen LogP contribution < -0.4 is 5.32 Å². The Morgan fingerprint density at radius 2 is 2.43 bits per heavy atom. The normalized spacial score (nSPS) is 22.6. The number of pyridine rings is 1. The Labute approximate surface area is 125 Å². The molecule has 0 bridgehead atoms. The maximum Gasteiger partial charge on any atom is 0.255 e. The number of likely N-dealkylation sites (tertiary alicyclic amines) is 1. The minimum absolute atomic E-state index is 0.204. The van der Waals surface area contributed by atoms with Crippen LogP contribution in [-0.2, 0) is 16.1 Å². The van der Waals surface area contributed by atoms with Gasteiger partial charge in [-0.1, -0.05) is 6.07 Å². The van der Waals surface area contributed by atoms with Gasteiger partial charge in [0.2, 0.25) is 0 Å². The number of aromatic nitrogens is 1. The van der Waals surface area contributed by atoms with Crippen LogP contribution >= 0.6 is 0 Å². The number of piperidine rings is 1. The van der Waals surface area contributed by atoms with Crippen molar-refractivity contribution in [1.29, 1.82) is 0 Å². The molecule has 1 aliphatic heterocycles. The van der Waals surface area contributed by atoms with Gasteiger partial charge in [-0.2, -0.15) is 0 Å². The summed E-state index contributed by atoms with van der Waals surface area (Å²) in [5.74, 6) is -0.204. The second-order valence-electron chi connectivity index (χ2n) is 5.38. The number of carbonyl (C=O) groups is 1. The van der Waals surface area contributed by atoms with E-state index in [9.17, 15) is 9.90 Å². The van der Waals surface area contributed by atoms with Gasteiger partial charge in [0.15, 0.2) is 5.60 Å². The van der Waals surface area contributed by atoms with Gasteiger partial charge in [0, 0.05) is 45.7 Å². The molecule has 0 saturated carbocycles. The van der Waals surface area contributed by atoms with E-state index in [1.54, 1.807) is 24.4 Å². The average Bonchev–Trinajstić information content (AvgIpc) is 2.50. The maximum absolute atomic E-state index is 12.4.